The van der Waals surface area contributed by atoms with Crippen LogP contribution < -0.4 is 10.5 Å². The molecular weight excluding hydrogens is 226 g/mol. The SMILES string of the molecule is CN(CCC(=O)O)S(=O)(=O)NCC(N)=O. The smallest absolute Gasteiger partial charge is 0.304 e. The molecule has 15 heavy (non-hydrogen) atoms. The minimum absolute atomic E-state index is 0.177. The molecule has 0 aromatic rings. The molecule has 0 aromatic carbocycles. The number of hydrogen-bond acceptors (Lipinski definition) is 4. The van der Waals surface area contributed by atoms with Gasteiger partial charge in [-0.15, -0.1) is 0 Å². The highest BCUT2D eigenvalue weighted by Gasteiger charge is 2.18. The molecule has 0 spiro atoms. The number of primary amides is 1. The molecule has 0 aliphatic carbocycles. The van der Waals surface area contributed by atoms with Gasteiger partial charge in [0.2, 0.25) is 5.91 Å². The molecule has 0 bridgehead atoms. The lowest BCUT2D eigenvalue weighted by Gasteiger charge is -2.15. The van der Waals surface area contributed by atoms with Gasteiger partial charge in [-0.2, -0.15) is 17.4 Å². The zero-order valence-electron chi connectivity index (χ0n) is 8.13. The first-order valence-corrected chi connectivity index (χ1v) is 5.40. The Labute approximate surface area is 87.2 Å². The Kier molecular flexibility index (Phi) is 5.19. The van der Waals surface area contributed by atoms with Crippen LogP contribution in [-0.2, 0) is 19.8 Å². The van der Waals surface area contributed by atoms with E-state index in [1.165, 1.54) is 7.05 Å². The van der Waals surface area contributed by atoms with Gasteiger partial charge in [-0.3, -0.25) is 9.59 Å². The predicted molar refractivity (Wildman–Crippen MR) is 51.0 cm³/mol. The summed E-state index contributed by atoms with van der Waals surface area (Å²) in [6, 6.07) is 0. The summed E-state index contributed by atoms with van der Waals surface area (Å²) in [6.45, 7) is -0.691. The molecule has 0 saturated carbocycles. The van der Waals surface area contributed by atoms with E-state index >= 15 is 0 Å². The lowest BCUT2D eigenvalue weighted by atomic mass is 10.4. The van der Waals surface area contributed by atoms with E-state index in [9.17, 15) is 18.0 Å². The van der Waals surface area contributed by atoms with Crippen LogP contribution in [0, 0.1) is 0 Å². The molecule has 0 aromatic heterocycles. The highest BCUT2D eigenvalue weighted by Crippen LogP contribution is 1.95. The van der Waals surface area contributed by atoms with Crippen molar-refractivity contribution in [3.05, 3.63) is 0 Å². The number of carbonyl (C=O) groups is 2. The zero-order chi connectivity index (χ0) is 12.1. The number of nitrogens with zero attached hydrogens (tertiary/aromatic N) is 1. The number of carboxylic acid groups (broad SMARTS) is 1. The van der Waals surface area contributed by atoms with Crippen molar-refractivity contribution in [1.29, 1.82) is 0 Å². The molecule has 0 fully saturated rings. The van der Waals surface area contributed by atoms with Gasteiger partial charge in [-0.25, -0.2) is 0 Å². The molecule has 9 heteroatoms. The Bertz CT molecular complexity index is 339. The molecule has 4 N–H and O–H groups in total. The van der Waals surface area contributed by atoms with E-state index in [-0.39, 0.29) is 13.0 Å². The minimum atomic E-state index is -3.83. The number of nitrogens with two attached hydrogens (primary N) is 1. The standard InChI is InChI=1S/C6H13N3O5S/c1-9(3-2-6(11)12)15(13,14)8-4-5(7)10/h8H,2-4H2,1H3,(H2,7,10)(H,11,12). The van der Waals surface area contributed by atoms with E-state index < -0.39 is 28.6 Å². The highest BCUT2D eigenvalue weighted by atomic mass is 32.2. The van der Waals surface area contributed by atoms with Crippen LogP contribution in [0.15, 0.2) is 0 Å². The fourth-order valence-electron chi connectivity index (χ4n) is 0.646. The van der Waals surface area contributed by atoms with Gasteiger partial charge < -0.3 is 10.8 Å². The van der Waals surface area contributed by atoms with Crippen LogP contribution in [0.5, 0.6) is 0 Å². The summed E-state index contributed by atoms with van der Waals surface area (Å²) >= 11 is 0. The average molecular weight is 239 g/mol. The van der Waals surface area contributed by atoms with Gasteiger partial charge in [0, 0.05) is 13.6 Å². The molecule has 0 aliphatic heterocycles. The van der Waals surface area contributed by atoms with Crippen molar-refractivity contribution in [2.24, 2.45) is 5.73 Å². The van der Waals surface area contributed by atoms with Gasteiger partial charge in [0.05, 0.1) is 13.0 Å². The molecule has 0 unspecified atom stereocenters. The molecule has 0 atom stereocenters. The maximum absolute atomic E-state index is 11.3. The molecule has 8 nitrogen and oxygen atoms in total. The summed E-state index contributed by atoms with van der Waals surface area (Å²) in [5.41, 5.74) is 4.74. The van der Waals surface area contributed by atoms with Crippen LogP contribution >= 0.6 is 0 Å². The lowest BCUT2D eigenvalue weighted by molar-refractivity contribution is -0.137. The van der Waals surface area contributed by atoms with Crippen molar-refractivity contribution in [2.75, 3.05) is 20.1 Å². The van der Waals surface area contributed by atoms with E-state index in [1.807, 2.05) is 4.72 Å². The van der Waals surface area contributed by atoms with Crippen molar-refractivity contribution >= 4 is 22.1 Å². The average Bonchev–Trinajstić information content (AvgIpc) is 2.11. The summed E-state index contributed by atoms with van der Waals surface area (Å²) in [6.07, 6.45) is -0.312. The maximum atomic E-state index is 11.3. The van der Waals surface area contributed by atoms with E-state index in [2.05, 4.69) is 0 Å². The minimum Gasteiger partial charge on any atom is -0.481 e. The zero-order valence-corrected chi connectivity index (χ0v) is 8.95. The molecule has 1 amide bonds. The largest absolute Gasteiger partial charge is 0.481 e. The van der Waals surface area contributed by atoms with Gasteiger partial charge in [0.1, 0.15) is 0 Å². The monoisotopic (exact) mass is 239 g/mol. The normalized spacial score (nSPS) is 11.6. The third-order valence-electron chi connectivity index (χ3n) is 1.48. The number of aliphatic carboxylic acids is 1. The number of rotatable bonds is 7. The summed E-state index contributed by atoms with van der Waals surface area (Å²) in [7, 11) is -2.63. The van der Waals surface area contributed by atoms with Gasteiger partial charge in [0.25, 0.3) is 10.2 Å². The molecule has 0 saturated heterocycles. The Morgan fingerprint density at radius 2 is 2.00 bits per heavy atom. The van der Waals surface area contributed by atoms with Crippen molar-refractivity contribution in [2.45, 2.75) is 6.42 Å². The summed E-state index contributed by atoms with van der Waals surface area (Å²) < 4.78 is 25.2. The Morgan fingerprint density at radius 3 is 2.40 bits per heavy atom. The first-order chi connectivity index (χ1) is 6.75. The first-order valence-electron chi connectivity index (χ1n) is 3.96. The fourth-order valence-corrected chi connectivity index (χ4v) is 1.52. The van der Waals surface area contributed by atoms with Crippen LogP contribution in [0.2, 0.25) is 0 Å². The predicted octanol–water partition coefficient (Wildman–Crippen LogP) is -2.29. The maximum Gasteiger partial charge on any atom is 0.304 e. The van der Waals surface area contributed by atoms with E-state index in [0.29, 0.717) is 0 Å². The lowest BCUT2D eigenvalue weighted by Crippen LogP contribution is -2.42. The number of carbonyl (C=O) groups excluding carboxylic acids is 1. The quantitative estimate of drug-likeness (QED) is 0.460. The molecule has 0 rings (SSSR count). The number of carboxylic acids is 1. The fraction of sp³-hybridized carbons (Fsp3) is 0.667. The topological polar surface area (TPSA) is 130 Å². The van der Waals surface area contributed by atoms with Gasteiger partial charge >= 0.3 is 5.97 Å². The van der Waals surface area contributed by atoms with E-state index in [0.717, 1.165) is 4.31 Å². The highest BCUT2D eigenvalue weighted by molar-refractivity contribution is 7.87. The van der Waals surface area contributed by atoms with Crippen molar-refractivity contribution in [3.8, 4) is 0 Å². The molecule has 0 radical (unpaired) electrons. The van der Waals surface area contributed by atoms with Crippen molar-refractivity contribution < 1.29 is 23.1 Å². The number of amides is 1. The molecule has 0 heterocycles. The Hall–Kier alpha value is -1.19. The van der Waals surface area contributed by atoms with Crippen molar-refractivity contribution in [1.82, 2.24) is 9.03 Å². The van der Waals surface area contributed by atoms with Crippen LogP contribution in [0.25, 0.3) is 0 Å². The van der Waals surface area contributed by atoms with Crippen molar-refractivity contribution in [3.63, 3.8) is 0 Å². The van der Waals surface area contributed by atoms with Crippen LogP contribution in [0.3, 0.4) is 0 Å². The molecule has 0 aliphatic rings. The van der Waals surface area contributed by atoms with Crippen LogP contribution in [-0.4, -0.2) is 49.8 Å². The molecule has 88 valence electrons. The second kappa shape index (κ2) is 5.63. The molecular formula is C6H13N3O5S. The second-order valence-electron chi connectivity index (χ2n) is 2.76. The van der Waals surface area contributed by atoms with Gasteiger partial charge in [0.15, 0.2) is 0 Å². The number of nitrogens with one attached hydrogen (secondary N) is 1. The summed E-state index contributed by atoms with van der Waals surface area (Å²) in [5.74, 6) is -1.92. The Morgan fingerprint density at radius 1 is 1.47 bits per heavy atom. The van der Waals surface area contributed by atoms with Gasteiger partial charge in [-0.05, 0) is 0 Å². The van der Waals surface area contributed by atoms with Crippen LogP contribution in [0.4, 0.5) is 0 Å². The third-order valence-corrected chi connectivity index (χ3v) is 2.99. The third kappa shape index (κ3) is 5.99. The number of hydrogen-bond donors (Lipinski definition) is 3. The first kappa shape index (κ1) is 13.8. The summed E-state index contributed by atoms with van der Waals surface area (Å²) in [5, 5.41) is 8.33. The summed E-state index contributed by atoms with van der Waals surface area (Å²) in [4.78, 5) is 20.5. The van der Waals surface area contributed by atoms with E-state index in [1.54, 1.807) is 0 Å². The second-order valence-corrected chi connectivity index (χ2v) is 4.62. The van der Waals surface area contributed by atoms with Gasteiger partial charge in [-0.1, -0.05) is 0 Å². The Balaban J connectivity index is 4.20. The van der Waals surface area contributed by atoms with Crippen LogP contribution in [0.1, 0.15) is 6.42 Å². The van der Waals surface area contributed by atoms with E-state index in [4.69, 9.17) is 10.8 Å².